The molecule has 6 heteroatoms. The Morgan fingerprint density at radius 3 is 2.71 bits per heavy atom. The van der Waals surface area contributed by atoms with Crippen LogP contribution < -0.4 is 11.1 Å². The van der Waals surface area contributed by atoms with Crippen molar-refractivity contribution in [2.75, 3.05) is 7.05 Å². The van der Waals surface area contributed by atoms with Crippen molar-refractivity contribution >= 4 is 13.0 Å². The van der Waals surface area contributed by atoms with Crippen LogP contribution >= 0.6 is 0 Å². The molecule has 5 nitrogen and oxygen atoms in total. The number of likely N-dealkylation sites (N-methyl/N-ethyl adjacent to an activating group) is 1. The summed E-state index contributed by atoms with van der Waals surface area (Å²) in [5.41, 5.74) is 5.70. The predicted octanol–water partition coefficient (Wildman–Crippen LogP) is 1.32. The molecule has 4 atom stereocenters. The van der Waals surface area contributed by atoms with Crippen LogP contribution in [-0.2, 0) is 14.1 Å². The maximum Gasteiger partial charge on any atom is 0.457 e. The second-order valence-corrected chi connectivity index (χ2v) is 7.68. The second kappa shape index (κ2) is 4.70. The number of carbonyl (C=O) groups excluding carboxylic acids is 1. The Bertz CT molecular complexity index is 458. The molecule has 0 aromatic rings. The van der Waals surface area contributed by atoms with Gasteiger partial charge in [0.05, 0.1) is 17.2 Å². The molecule has 0 aromatic carbocycles. The summed E-state index contributed by atoms with van der Waals surface area (Å²) in [6.07, 6.45) is 4.65. The molecule has 4 fully saturated rings. The zero-order chi connectivity index (χ0) is 15.5. The third-order valence-electron chi connectivity index (χ3n) is 6.44. The van der Waals surface area contributed by atoms with Crippen LogP contribution in [0, 0.1) is 11.3 Å². The minimum atomic E-state index is -0.489. The Hall–Kier alpha value is -0.585. The molecule has 3 saturated carbocycles. The number of rotatable bonds is 4. The summed E-state index contributed by atoms with van der Waals surface area (Å²) < 4.78 is 12.7. The van der Waals surface area contributed by atoms with Crippen LogP contribution in [0.1, 0.15) is 46.5 Å². The van der Waals surface area contributed by atoms with E-state index in [0.29, 0.717) is 12.7 Å². The lowest BCUT2D eigenvalue weighted by Crippen LogP contribution is -2.73. The monoisotopic (exact) mass is 294 g/mol. The van der Waals surface area contributed by atoms with Gasteiger partial charge in [-0.05, 0) is 50.3 Å². The highest BCUT2D eigenvalue weighted by Crippen LogP contribution is 2.70. The highest BCUT2D eigenvalue weighted by Gasteiger charge is 2.75. The van der Waals surface area contributed by atoms with Crippen LogP contribution in [0.3, 0.4) is 0 Å². The minimum absolute atomic E-state index is 0.126. The second-order valence-electron chi connectivity index (χ2n) is 7.68. The van der Waals surface area contributed by atoms with Gasteiger partial charge in [-0.3, -0.25) is 4.79 Å². The van der Waals surface area contributed by atoms with Gasteiger partial charge in [0.15, 0.2) is 0 Å². The van der Waals surface area contributed by atoms with Crippen LogP contribution in [0.15, 0.2) is 0 Å². The van der Waals surface area contributed by atoms with Gasteiger partial charge in [0.2, 0.25) is 5.91 Å². The molecule has 3 aliphatic carbocycles. The fraction of sp³-hybridized carbons (Fsp3) is 0.933. The van der Waals surface area contributed by atoms with E-state index in [-0.39, 0.29) is 29.6 Å². The van der Waals surface area contributed by atoms with Gasteiger partial charge in [-0.1, -0.05) is 13.8 Å². The molecule has 0 radical (unpaired) electrons. The average molecular weight is 294 g/mol. The molecular weight excluding hydrogens is 267 g/mol. The van der Waals surface area contributed by atoms with Gasteiger partial charge in [-0.15, -0.1) is 0 Å². The van der Waals surface area contributed by atoms with E-state index in [2.05, 4.69) is 26.1 Å². The Morgan fingerprint density at radius 2 is 2.14 bits per heavy atom. The number of nitrogens with one attached hydrogen (secondary N) is 1. The smallest absolute Gasteiger partial charge is 0.403 e. The van der Waals surface area contributed by atoms with Gasteiger partial charge >= 0.3 is 7.12 Å². The summed E-state index contributed by atoms with van der Waals surface area (Å²) in [7, 11) is 1.38. The summed E-state index contributed by atoms with van der Waals surface area (Å²) in [5.74, 6) is 0.625. The molecule has 1 spiro atoms. The van der Waals surface area contributed by atoms with Crippen molar-refractivity contribution < 1.29 is 14.1 Å². The Kier molecular flexibility index (Phi) is 3.43. The number of amides is 1. The molecule has 3 N–H and O–H groups in total. The first-order valence-corrected chi connectivity index (χ1v) is 8.08. The lowest BCUT2D eigenvalue weighted by Gasteiger charge is -2.69. The van der Waals surface area contributed by atoms with Crippen molar-refractivity contribution in [3.63, 3.8) is 0 Å². The SMILES string of the molecule is CNC(=O)[C@@H](N)CCB1O[C@]23C[C@H](CC[C@]2(C)O1)C3(C)C. The fourth-order valence-electron chi connectivity index (χ4n) is 4.84. The molecule has 118 valence electrons. The van der Waals surface area contributed by atoms with Crippen LogP contribution in [0.4, 0.5) is 0 Å². The maximum atomic E-state index is 11.5. The van der Waals surface area contributed by atoms with E-state index in [1.54, 1.807) is 7.05 Å². The minimum Gasteiger partial charge on any atom is -0.403 e. The molecule has 21 heavy (non-hydrogen) atoms. The first-order chi connectivity index (χ1) is 9.76. The molecule has 1 amide bonds. The summed E-state index contributed by atoms with van der Waals surface area (Å²) >= 11 is 0. The van der Waals surface area contributed by atoms with Crippen LogP contribution in [0.5, 0.6) is 0 Å². The fourth-order valence-corrected chi connectivity index (χ4v) is 4.84. The molecule has 0 aromatic heterocycles. The van der Waals surface area contributed by atoms with Gasteiger partial charge in [-0.25, -0.2) is 0 Å². The van der Waals surface area contributed by atoms with Gasteiger partial charge < -0.3 is 20.4 Å². The zero-order valence-corrected chi connectivity index (χ0v) is 13.6. The van der Waals surface area contributed by atoms with E-state index in [1.807, 2.05) is 0 Å². The van der Waals surface area contributed by atoms with E-state index in [0.717, 1.165) is 18.8 Å². The van der Waals surface area contributed by atoms with Crippen LogP contribution in [0.2, 0.25) is 6.32 Å². The molecular formula is C15H27BN2O3. The molecule has 1 heterocycles. The largest absolute Gasteiger partial charge is 0.457 e. The Labute approximate surface area is 127 Å². The van der Waals surface area contributed by atoms with Crippen LogP contribution in [-0.4, -0.2) is 37.3 Å². The van der Waals surface area contributed by atoms with Crippen molar-refractivity contribution in [3.05, 3.63) is 0 Å². The highest BCUT2D eigenvalue weighted by molar-refractivity contribution is 6.45. The lowest BCUT2D eigenvalue weighted by molar-refractivity contribution is -0.257. The van der Waals surface area contributed by atoms with E-state index < -0.39 is 6.04 Å². The molecule has 1 aliphatic heterocycles. The predicted molar refractivity (Wildman–Crippen MR) is 81.6 cm³/mol. The topological polar surface area (TPSA) is 73.6 Å². The van der Waals surface area contributed by atoms with Crippen molar-refractivity contribution in [2.45, 2.75) is 70.0 Å². The average Bonchev–Trinajstić information content (AvgIpc) is 2.78. The number of hydrogen-bond acceptors (Lipinski definition) is 4. The third kappa shape index (κ3) is 1.92. The van der Waals surface area contributed by atoms with E-state index in [1.165, 1.54) is 6.42 Å². The van der Waals surface area contributed by atoms with E-state index >= 15 is 0 Å². The van der Waals surface area contributed by atoms with Crippen molar-refractivity contribution in [3.8, 4) is 0 Å². The zero-order valence-electron chi connectivity index (χ0n) is 13.6. The summed E-state index contributed by atoms with van der Waals surface area (Å²) in [4.78, 5) is 11.5. The number of hydrogen-bond donors (Lipinski definition) is 2. The van der Waals surface area contributed by atoms with Crippen molar-refractivity contribution in [1.29, 1.82) is 0 Å². The molecule has 4 aliphatic rings. The Balaban J connectivity index is 1.66. The lowest BCUT2D eigenvalue weighted by atomic mass is 9.41. The summed E-state index contributed by atoms with van der Waals surface area (Å²) in [6, 6.07) is -0.489. The molecule has 0 unspecified atom stereocenters. The normalized spacial score (nSPS) is 41.2. The Morgan fingerprint density at radius 1 is 1.43 bits per heavy atom. The van der Waals surface area contributed by atoms with Gasteiger partial charge in [0.1, 0.15) is 0 Å². The van der Waals surface area contributed by atoms with Gasteiger partial charge in [0.25, 0.3) is 0 Å². The quantitative estimate of drug-likeness (QED) is 0.767. The number of nitrogens with two attached hydrogens (primary N) is 1. The van der Waals surface area contributed by atoms with Gasteiger partial charge in [0, 0.05) is 7.05 Å². The number of fused-ring (bicyclic) bond motifs is 1. The first-order valence-electron chi connectivity index (χ1n) is 8.08. The number of carbonyl (C=O) groups is 1. The van der Waals surface area contributed by atoms with Crippen molar-refractivity contribution in [2.24, 2.45) is 17.1 Å². The molecule has 4 rings (SSSR count). The van der Waals surface area contributed by atoms with E-state index in [9.17, 15) is 4.79 Å². The standard InChI is InChI=1S/C15H27BN2O3/c1-13(2)10-5-7-14(3)15(13,9-10)21-16(20-14)8-6-11(17)12(19)18-4/h10-11H,5-9,17H2,1-4H3,(H,18,19)/t10-,11-,14-,15-/m0/s1. The third-order valence-corrected chi connectivity index (χ3v) is 6.44. The van der Waals surface area contributed by atoms with E-state index in [4.69, 9.17) is 15.0 Å². The summed E-state index contributed by atoms with van der Waals surface area (Å²) in [5, 5.41) is 2.58. The highest BCUT2D eigenvalue weighted by atomic mass is 16.7. The summed E-state index contributed by atoms with van der Waals surface area (Å²) in [6.45, 7) is 6.81. The maximum absolute atomic E-state index is 11.5. The molecule has 1 saturated heterocycles. The van der Waals surface area contributed by atoms with Gasteiger partial charge in [-0.2, -0.15) is 0 Å². The first kappa shape index (κ1) is 15.3. The molecule has 2 bridgehead atoms. The van der Waals surface area contributed by atoms with Crippen molar-refractivity contribution in [1.82, 2.24) is 5.32 Å². The van der Waals surface area contributed by atoms with Crippen LogP contribution in [0.25, 0.3) is 0 Å².